The number of rotatable bonds is 5. The molecule has 0 unspecified atom stereocenters. The maximum Gasteiger partial charge on any atom is 0.229 e. The van der Waals surface area contributed by atoms with E-state index in [-0.39, 0.29) is 5.82 Å². The smallest absolute Gasteiger partial charge is 0.229 e. The van der Waals surface area contributed by atoms with E-state index in [0.717, 1.165) is 5.69 Å². The van der Waals surface area contributed by atoms with Gasteiger partial charge >= 0.3 is 0 Å². The second-order valence-electron chi connectivity index (χ2n) is 4.58. The second-order valence-corrected chi connectivity index (χ2v) is 4.58. The second kappa shape index (κ2) is 6.62. The van der Waals surface area contributed by atoms with Crippen LogP contribution in [0.15, 0.2) is 60.9 Å². The summed E-state index contributed by atoms with van der Waals surface area (Å²) in [5, 5.41) is 6.14. The van der Waals surface area contributed by atoms with Crippen LogP contribution in [0.4, 0.5) is 21.8 Å². The Morgan fingerprint density at radius 1 is 0.955 bits per heavy atom. The highest BCUT2D eigenvalue weighted by Gasteiger charge is 2.01. The van der Waals surface area contributed by atoms with Gasteiger partial charge in [-0.1, -0.05) is 12.1 Å². The van der Waals surface area contributed by atoms with E-state index in [1.807, 2.05) is 18.2 Å². The number of nitrogens with one attached hydrogen (secondary N) is 2. The molecule has 0 radical (unpaired) electrons. The molecule has 110 valence electrons. The molecule has 2 heterocycles. The minimum absolute atomic E-state index is 0.311. The third kappa shape index (κ3) is 3.76. The van der Waals surface area contributed by atoms with Crippen molar-refractivity contribution in [2.75, 3.05) is 10.6 Å². The number of hydrogen-bond donors (Lipinski definition) is 2. The van der Waals surface area contributed by atoms with Crippen LogP contribution < -0.4 is 10.6 Å². The molecule has 5 nitrogen and oxygen atoms in total. The Morgan fingerprint density at radius 2 is 1.91 bits per heavy atom. The zero-order valence-corrected chi connectivity index (χ0v) is 11.7. The zero-order chi connectivity index (χ0) is 15.2. The number of nitrogens with zero attached hydrogens (tertiary/aromatic N) is 3. The van der Waals surface area contributed by atoms with Gasteiger partial charge in [-0.2, -0.15) is 4.98 Å². The summed E-state index contributed by atoms with van der Waals surface area (Å²) >= 11 is 0. The van der Waals surface area contributed by atoms with Crippen LogP contribution in [-0.2, 0) is 6.54 Å². The normalized spacial score (nSPS) is 10.2. The Kier molecular flexibility index (Phi) is 4.20. The minimum Gasteiger partial charge on any atom is -0.364 e. The van der Waals surface area contributed by atoms with E-state index < -0.39 is 0 Å². The minimum atomic E-state index is -0.311. The van der Waals surface area contributed by atoms with Crippen LogP contribution in [0.1, 0.15) is 5.69 Å². The topological polar surface area (TPSA) is 62.7 Å². The highest BCUT2D eigenvalue weighted by atomic mass is 19.1. The average molecular weight is 295 g/mol. The Bertz CT molecular complexity index is 748. The fraction of sp³-hybridized carbons (Fsp3) is 0.0625. The first-order valence-electron chi connectivity index (χ1n) is 6.79. The van der Waals surface area contributed by atoms with Crippen molar-refractivity contribution in [3.8, 4) is 0 Å². The van der Waals surface area contributed by atoms with Gasteiger partial charge in [-0.3, -0.25) is 4.98 Å². The Morgan fingerprint density at radius 3 is 2.73 bits per heavy atom. The summed E-state index contributed by atoms with van der Waals surface area (Å²) in [7, 11) is 0. The standard InChI is InChI=1S/C16H14FN5/c17-12-4-3-6-13(10-12)21-16-19-9-7-15(22-16)20-11-14-5-1-2-8-18-14/h1-10H,11H2,(H2,19,20,21,22). The van der Waals surface area contributed by atoms with Crippen molar-refractivity contribution >= 4 is 17.5 Å². The van der Waals surface area contributed by atoms with Crippen molar-refractivity contribution in [2.45, 2.75) is 6.54 Å². The first-order chi connectivity index (χ1) is 10.8. The molecule has 3 rings (SSSR count). The number of aromatic nitrogens is 3. The monoisotopic (exact) mass is 295 g/mol. The van der Waals surface area contributed by atoms with Crippen molar-refractivity contribution in [2.24, 2.45) is 0 Å². The van der Waals surface area contributed by atoms with E-state index in [1.54, 1.807) is 30.6 Å². The first kappa shape index (κ1) is 13.9. The Labute approximate surface area is 127 Å². The summed E-state index contributed by atoms with van der Waals surface area (Å²) in [5.41, 5.74) is 1.52. The summed E-state index contributed by atoms with van der Waals surface area (Å²) < 4.78 is 13.2. The molecule has 0 saturated carbocycles. The van der Waals surface area contributed by atoms with Crippen LogP contribution in [0.25, 0.3) is 0 Å². The van der Waals surface area contributed by atoms with Crippen LogP contribution in [0, 0.1) is 5.82 Å². The third-order valence-electron chi connectivity index (χ3n) is 2.91. The van der Waals surface area contributed by atoms with Gasteiger partial charge in [0.05, 0.1) is 12.2 Å². The first-order valence-corrected chi connectivity index (χ1v) is 6.79. The van der Waals surface area contributed by atoms with Gasteiger partial charge < -0.3 is 10.6 Å². The molecule has 2 N–H and O–H groups in total. The lowest BCUT2D eigenvalue weighted by atomic mass is 10.3. The van der Waals surface area contributed by atoms with Gasteiger partial charge in [-0.05, 0) is 36.4 Å². The van der Waals surface area contributed by atoms with Gasteiger partial charge in [-0.15, -0.1) is 0 Å². The predicted molar refractivity (Wildman–Crippen MR) is 83.3 cm³/mol. The lowest BCUT2D eigenvalue weighted by Gasteiger charge is -2.08. The largest absolute Gasteiger partial charge is 0.364 e. The van der Waals surface area contributed by atoms with Gasteiger partial charge in [0.15, 0.2) is 0 Å². The van der Waals surface area contributed by atoms with Gasteiger partial charge in [0.2, 0.25) is 5.95 Å². The predicted octanol–water partition coefficient (Wildman–Crippen LogP) is 3.37. The molecule has 22 heavy (non-hydrogen) atoms. The summed E-state index contributed by atoms with van der Waals surface area (Å²) in [6, 6.07) is 13.6. The summed E-state index contributed by atoms with van der Waals surface area (Å²) in [6.45, 7) is 0.567. The van der Waals surface area contributed by atoms with E-state index in [1.165, 1.54) is 12.1 Å². The van der Waals surface area contributed by atoms with E-state index in [2.05, 4.69) is 25.6 Å². The van der Waals surface area contributed by atoms with E-state index in [0.29, 0.717) is 24.0 Å². The highest BCUT2D eigenvalue weighted by molar-refractivity contribution is 5.54. The molecule has 0 bridgehead atoms. The lowest BCUT2D eigenvalue weighted by Crippen LogP contribution is -2.05. The average Bonchev–Trinajstić information content (AvgIpc) is 2.54. The lowest BCUT2D eigenvalue weighted by molar-refractivity contribution is 0.628. The fourth-order valence-corrected chi connectivity index (χ4v) is 1.90. The quantitative estimate of drug-likeness (QED) is 0.755. The van der Waals surface area contributed by atoms with Gasteiger partial charge in [0.1, 0.15) is 11.6 Å². The molecular weight excluding hydrogens is 281 g/mol. The summed E-state index contributed by atoms with van der Waals surface area (Å²) in [4.78, 5) is 12.7. The molecule has 0 atom stereocenters. The number of anilines is 3. The number of benzene rings is 1. The van der Waals surface area contributed by atoms with Crippen LogP contribution >= 0.6 is 0 Å². The maximum atomic E-state index is 13.2. The molecule has 0 fully saturated rings. The van der Waals surface area contributed by atoms with E-state index in [4.69, 9.17) is 0 Å². The molecule has 0 aliphatic rings. The Hall–Kier alpha value is -3.02. The molecule has 0 spiro atoms. The van der Waals surface area contributed by atoms with Gasteiger partial charge in [-0.25, -0.2) is 9.37 Å². The molecule has 3 aromatic rings. The summed E-state index contributed by atoms with van der Waals surface area (Å²) in [6.07, 6.45) is 3.38. The Balaban J connectivity index is 1.67. The van der Waals surface area contributed by atoms with E-state index in [9.17, 15) is 4.39 Å². The van der Waals surface area contributed by atoms with Crippen molar-refractivity contribution in [1.29, 1.82) is 0 Å². The molecule has 0 aliphatic carbocycles. The van der Waals surface area contributed by atoms with Crippen molar-refractivity contribution in [3.05, 3.63) is 72.4 Å². The van der Waals surface area contributed by atoms with Crippen LogP contribution in [-0.4, -0.2) is 15.0 Å². The van der Waals surface area contributed by atoms with Crippen molar-refractivity contribution < 1.29 is 4.39 Å². The van der Waals surface area contributed by atoms with Gasteiger partial charge in [0, 0.05) is 18.1 Å². The maximum absolute atomic E-state index is 13.2. The molecule has 0 saturated heterocycles. The number of pyridine rings is 1. The zero-order valence-electron chi connectivity index (χ0n) is 11.7. The van der Waals surface area contributed by atoms with Gasteiger partial charge in [0.25, 0.3) is 0 Å². The van der Waals surface area contributed by atoms with Crippen LogP contribution in [0.3, 0.4) is 0 Å². The molecule has 6 heteroatoms. The van der Waals surface area contributed by atoms with Crippen LogP contribution in [0.2, 0.25) is 0 Å². The van der Waals surface area contributed by atoms with Crippen molar-refractivity contribution in [3.63, 3.8) is 0 Å². The number of halogens is 1. The molecule has 0 aliphatic heterocycles. The van der Waals surface area contributed by atoms with E-state index >= 15 is 0 Å². The number of hydrogen-bond acceptors (Lipinski definition) is 5. The highest BCUT2D eigenvalue weighted by Crippen LogP contribution is 2.15. The third-order valence-corrected chi connectivity index (χ3v) is 2.91. The molecule has 0 amide bonds. The fourth-order valence-electron chi connectivity index (χ4n) is 1.90. The summed E-state index contributed by atoms with van der Waals surface area (Å²) in [5.74, 6) is 0.755. The molecular formula is C16H14FN5. The SMILES string of the molecule is Fc1cccc(Nc2nccc(NCc3ccccn3)n2)c1. The molecule has 2 aromatic heterocycles. The van der Waals surface area contributed by atoms with Crippen LogP contribution in [0.5, 0.6) is 0 Å². The van der Waals surface area contributed by atoms with Crippen molar-refractivity contribution in [1.82, 2.24) is 15.0 Å². The molecule has 1 aromatic carbocycles.